The molecule has 1 aliphatic heterocycles. The lowest BCUT2D eigenvalue weighted by Gasteiger charge is -2.34. The molecule has 2 rings (SSSR count). The van der Waals surface area contributed by atoms with Crippen molar-refractivity contribution in [3.8, 4) is 0 Å². The maximum absolute atomic E-state index is 12.9. The highest BCUT2D eigenvalue weighted by Crippen LogP contribution is 2.38. The molecular weight excluding hydrogens is 347 g/mol. The standard InChI is InChI=1S/C15H19F5N4O/c1-2-10-6-12(22-9-21-10)24-5-3-4-11(8-24)23-13(25)7-14(16,17)15(18,19)20/h6,9,11H,2-5,7-8H2,1H3,(H,23,25). The van der Waals surface area contributed by atoms with E-state index in [1.54, 1.807) is 6.07 Å². The number of alkyl halides is 5. The summed E-state index contributed by atoms with van der Waals surface area (Å²) in [6.45, 7) is 2.89. The van der Waals surface area contributed by atoms with E-state index >= 15 is 0 Å². The Hall–Kier alpha value is -2.00. The lowest BCUT2D eigenvalue weighted by molar-refractivity contribution is -0.281. The number of halogens is 5. The van der Waals surface area contributed by atoms with Gasteiger partial charge in [0.05, 0.1) is 6.42 Å². The summed E-state index contributed by atoms with van der Waals surface area (Å²) in [5.41, 5.74) is 0.834. The summed E-state index contributed by atoms with van der Waals surface area (Å²) >= 11 is 0. The van der Waals surface area contributed by atoms with Crippen LogP contribution in [0.3, 0.4) is 0 Å². The van der Waals surface area contributed by atoms with E-state index in [-0.39, 0.29) is 0 Å². The zero-order chi connectivity index (χ0) is 18.7. The van der Waals surface area contributed by atoms with Crippen LogP contribution in [0.5, 0.6) is 0 Å². The molecule has 0 aromatic carbocycles. The van der Waals surface area contributed by atoms with Gasteiger partial charge in [-0.05, 0) is 19.3 Å². The number of hydrogen-bond acceptors (Lipinski definition) is 4. The summed E-state index contributed by atoms with van der Waals surface area (Å²) in [5, 5.41) is 2.27. The van der Waals surface area contributed by atoms with Gasteiger partial charge in [0.2, 0.25) is 5.91 Å². The first-order valence-corrected chi connectivity index (χ1v) is 7.92. The van der Waals surface area contributed by atoms with E-state index in [0.717, 1.165) is 12.1 Å². The highest BCUT2D eigenvalue weighted by atomic mass is 19.4. The van der Waals surface area contributed by atoms with Crippen molar-refractivity contribution in [2.45, 2.75) is 50.7 Å². The molecule has 1 atom stereocenters. The Morgan fingerprint density at radius 3 is 2.68 bits per heavy atom. The van der Waals surface area contributed by atoms with Crippen LogP contribution in [0.1, 0.15) is 31.9 Å². The first-order valence-electron chi connectivity index (χ1n) is 7.92. The maximum atomic E-state index is 12.9. The van der Waals surface area contributed by atoms with Crippen molar-refractivity contribution in [3.63, 3.8) is 0 Å². The molecule has 1 amide bonds. The third-order valence-electron chi connectivity index (χ3n) is 3.98. The second-order valence-corrected chi connectivity index (χ2v) is 5.95. The highest BCUT2D eigenvalue weighted by Gasteiger charge is 2.58. The summed E-state index contributed by atoms with van der Waals surface area (Å²) < 4.78 is 62.4. The van der Waals surface area contributed by atoms with Crippen LogP contribution in [0.2, 0.25) is 0 Å². The molecule has 0 bridgehead atoms. The lowest BCUT2D eigenvalue weighted by atomic mass is 10.0. The second-order valence-electron chi connectivity index (χ2n) is 5.95. The number of piperidine rings is 1. The van der Waals surface area contributed by atoms with Crippen molar-refractivity contribution in [2.24, 2.45) is 0 Å². The van der Waals surface area contributed by atoms with E-state index in [9.17, 15) is 26.7 Å². The number of carbonyl (C=O) groups is 1. The Morgan fingerprint density at radius 1 is 1.32 bits per heavy atom. The molecule has 25 heavy (non-hydrogen) atoms. The molecule has 2 heterocycles. The first kappa shape index (κ1) is 19.3. The zero-order valence-corrected chi connectivity index (χ0v) is 13.6. The SMILES string of the molecule is CCc1cc(N2CCCC(NC(=O)CC(F)(F)C(F)(F)F)C2)ncn1. The Morgan fingerprint density at radius 2 is 2.04 bits per heavy atom. The van der Waals surface area contributed by atoms with Crippen molar-refractivity contribution in [2.75, 3.05) is 18.0 Å². The monoisotopic (exact) mass is 366 g/mol. The van der Waals surface area contributed by atoms with Crippen molar-refractivity contribution >= 4 is 11.7 Å². The minimum atomic E-state index is -5.74. The number of rotatable bonds is 5. The molecule has 0 aliphatic carbocycles. The molecule has 0 saturated carbocycles. The van der Waals surface area contributed by atoms with Crippen LogP contribution in [0.25, 0.3) is 0 Å². The van der Waals surface area contributed by atoms with Gasteiger partial charge in [0.1, 0.15) is 12.1 Å². The highest BCUT2D eigenvalue weighted by molar-refractivity contribution is 5.77. The van der Waals surface area contributed by atoms with Crippen molar-refractivity contribution < 1.29 is 26.7 Å². The minimum Gasteiger partial charge on any atom is -0.354 e. The largest absolute Gasteiger partial charge is 0.453 e. The predicted octanol–water partition coefficient (Wildman–Crippen LogP) is 2.71. The molecule has 1 saturated heterocycles. The van der Waals surface area contributed by atoms with E-state index < -0.39 is 30.5 Å². The van der Waals surface area contributed by atoms with Crippen LogP contribution in [-0.4, -0.2) is 47.1 Å². The maximum Gasteiger partial charge on any atom is 0.453 e. The summed E-state index contributed by atoms with van der Waals surface area (Å²) in [6.07, 6.45) is -4.34. The number of nitrogens with zero attached hydrogens (tertiary/aromatic N) is 3. The average Bonchev–Trinajstić information content (AvgIpc) is 2.53. The summed E-state index contributed by atoms with van der Waals surface area (Å²) in [5.74, 6) is -5.70. The summed E-state index contributed by atoms with van der Waals surface area (Å²) in [6, 6.07) is 1.28. The Labute approximate surface area is 141 Å². The molecule has 1 aromatic heterocycles. The van der Waals surface area contributed by atoms with E-state index in [0.29, 0.717) is 31.7 Å². The van der Waals surface area contributed by atoms with Crippen LogP contribution in [0.4, 0.5) is 27.8 Å². The summed E-state index contributed by atoms with van der Waals surface area (Å²) in [4.78, 5) is 21.7. The van der Waals surface area contributed by atoms with Gasteiger partial charge in [0, 0.05) is 30.9 Å². The van der Waals surface area contributed by atoms with Crippen molar-refractivity contribution in [1.29, 1.82) is 0 Å². The van der Waals surface area contributed by atoms with Crippen molar-refractivity contribution in [1.82, 2.24) is 15.3 Å². The van der Waals surface area contributed by atoms with Gasteiger partial charge >= 0.3 is 12.1 Å². The Balaban J connectivity index is 1.96. The minimum absolute atomic E-state index is 0.295. The van der Waals surface area contributed by atoms with E-state index in [2.05, 4.69) is 15.3 Å². The number of anilines is 1. The Kier molecular flexibility index (Phi) is 5.79. The molecule has 10 heteroatoms. The summed E-state index contributed by atoms with van der Waals surface area (Å²) in [7, 11) is 0. The lowest BCUT2D eigenvalue weighted by Crippen LogP contribution is -2.50. The van der Waals surface area contributed by atoms with Crippen molar-refractivity contribution in [3.05, 3.63) is 18.1 Å². The topological polar surface area (TPSA) is 58.1 Å². The molecular formula is C15H19F5N4O. The molecule has 1 N–H and O–H groups in total. The predicted molar refractivity (Wildman–Crippen MR) is 80.4 cm³/mol. The fraction of sp³-hybridized carbons (Fsp3) is 0.667. The van der Waals surface area contributed by atoms with Gasteiger partial charge in [0.25, 0.3) is 0 Å². The van der Waals surface area contributed by atoms with E-state index in [1.165, 1.54) is 6.33 Å². The van der Waals surface area contributed by atoms with Gasteiger partial charge < -0.3 is 10.2 Å². The number of carbonyl (C=O) groups excluding carboxylic acids is 1. The van der Waals surface area contributed by atoms with Gasteiger partial charge in [0.15, 0.2) is 0 Å². The van der Waals surface area contributed by atoms with Gasteiger partial charge in [-0.3, -0.25) is 4.79 Å². The first-order chi connectivity index (χ1) is 11.6. The van der Waals surface area contributed by atoms with Gasteiger partial charge in [-0.25, -0.2) is 9.97 Å². The molecule has 0 radical (unpaired) electrons. The van der Waals surface area contributed by atoms with E-state index in [1.807, 2.05) is 11.8 Å². The number of nitrogens with one attached hydrogen (secondary N) is 1. The van der Waals surface area contributed by atoms with Gasteiger partial charge in [-0.15, -0.1) is 0 Å². The molecule has 5 nitrogen and oxygen atoms in total. The van der Waals surface area contributed by atoms with Gasteiger partial charge in [-0.2, -0.15) is 22.0 Å². The quantitative estimate of drug-likeness (QED) is 0.814. The van der Waals surface area contributed by atoms with Crippen LogP contribution >= 0.6 is 0 Å². The number of aromatic nitrogens is 2. The molecule has 1 aromatic rings. The number of aryl methyl sites for hydroxylation is 1. The molecule has 1 aliphatic rings. The van der Waals surface area contributed by atoms with Crippen LogP contribution in [0, 0.1) is 0 Å². The zero-order valence-electron chi connectivity index (χ0n) is 13.6. The molecule has 1 unspecified atom stereocenters. The van der Waals surface area contributed by atoms with Crippen LogP contribution in [0.15, 0.2) is 12.4 Å². The second kappa shape index (κ2) is 7.49. The number of hydrogen-bond donors (Lipinski definition) is 1. The average molecular weight is 366 g/mol. The number of amides is 1. The fourth-order valence-electron chi connectivity index (χ4n) is 2.64. The fourth-order valence-corrected chi connectivity index (χ4v) is 2.64. The smallest absolute Gasteiger partial charge is 0.354 e. The molecule has 1 fully saturated rings. The third-order valence-corrected chi connectivity index (χ3v) is 3.98. The molecule has 0 spiro atoms. The van der Waals surface area contributed by atoms with E-state index in [4.69, 9.17) is 0 Å². The Bertz CT molecular complexity index is 608. The van der Waals surface area contributed by atoms with Crippen LogP contribution in [-0.2, 0) is 11.2 Å². The normalized spacial score (nSPS) is 19.0. The molecule has 140 valence electrons. The van der Waals surface area contributed by atoms with Crippen LogP contribution < -0.4 is 10.2 Å². The third kappa shape index (κ3) is 4.99. The van der Waals surface area contributed by atoms with Gasteiger partial charge in [-0.1, -0.05) is 6.92 Å².